The molecule has 0 aliphatic heterocycles. The van der Waals surface area contributed by atoms with Crippen LogP contribution in [0.25, 0.3) is 0 Å². The zero-order valence-electron chi connectivity index (χ0n) is 54.0. The normalized spacial score (nSPS) is 14.5. The molecule has 0 aliphatic rings. The number of hydrogen-bond acceptors (Lipinski definition) is 15. The summed E-state index contributed by atoms with van der Waals surface area (Å²) < 4.78 is 67.9. The Labute approximate surface area is 511 Å². The second kappa shape index (κ2) is 58.7. The number of rotatable bonds is 65. The zero-order valence-corrected chi connectivity index (χ0v) is 55.8. The quantitative estimate of drug-likeness (QED) is 0.0222. The average molecular weight is 1240 g/mol. The number of phosphoric ester groups is 2. The van der Waals surface area contributed by atoms with Crippen LogP contribution < -0.4 is 0 Å². The lowest BCUT2D eigenvalue weighted by Crippen LogP contribution is -2.30. The Morgan fingerprint density at radius 3 is 0.845 bits per heavy atom. The summed E-state index contributed by atoms with van der Waals surface area (Å²) in [7, 11) is -9.88. The summed E-state index contributed by atoms with van der Waals surface area (Å²) in [6.45, 7) is 7.12. The third-order valence-corrected chi connectivity index (χ3v) is 17.3. The van der Waals surface area contributed by atoms with Gasteiger partial charge in [-0.3, -0.25) is 37.3 Å². The maximum atomic E-state index is 13.0. The highest BCUT2D eigenvalue weighted by Gasteiger charge is 2.30. The smallest absolute Gasteiger partial charge is 0.462 e. The fourth-order valence-corrected chi connectivity index (χ4v) is 11.3. The molecule has 0 aromatic rings. The monoisotopic (exact) mass is 1240 g/mol. The molecule has 0 saturated heterocycles. The van der Waals surface area contributed by atoms with Gasteiger partial charge in [0.1, 0.15) is 19.3 Å². The molecule has 0 saturated carbocycles. The first-order valence-corrected chi connectivity index (χ1v) is 37.2. The van der Waals surface area contributed by atoms with Gasteiger partial charge in [0.2, 0.25) is 0 Å². The van der Waals surface area contributed by atoms with Gasteiger partial charge in [0.25, 0.3) is 0 Å². The van der Waals surface area contributed by atoms with Crippen LogP contribution in [0.3, 0.4) is 0 Å². The van der Waals surface area contributed by atoms with Crippen molar-refractivity contribution in [2.45, 2.75) is 348 Å². The predicted octanol–water partition coefficient (Wildman–Crippen LogP) is 18.2. The highest BCUT2D eigenvalue weighted by atomic mass is 31.2. The third kappa shape index (κ3) is 57.8. The van der Waals surface area contributed by atoms with Crippen molar-refractivity contribution < 1.29 is 80.2 Å². The van der Waals surface area contributed by atoms with Crippen LogP contribution in [0.2, 0.25) is 0 Å². The molecule has 0 fully saturated rings. The van der Waals surface area contributed by atoms with E-state index in [4.69, 9.17) is 37.0 Å². The topological polar surface area (TPSA) is 237 Å². The van der Waals surface area contributed by atoms with E-state index >= 15 is 0 Å². The molecule has 0 heterocycles. The van der Waals surface area contributed by atoms with Crippen molar-refractivity contribution in [1.29, 1.82) is 0 Å². The second-order valence-electron chi connectivity index (χ2n) is 23.7. The van der Waals surface area contributed by atoms with Crippen molar-refractivity contribution in [3.05, 3.63) is 0 Å². The molecule has 0 aliphatic carbocycles. The lowest BCUT2D eigenvalue weighted by atomic mass is 9.99. The van der Waals surface area contributed by atoms with Gasteiger partial charge in [-0.2, -0.15) is 0 Å². The van der Waals surface area contributed by atoms with Gasteiger partial charge in [-0.15, -0.1) is 0 Å². The standard InChI is InChI=1S/C65H126O17P2/c1-6-10-13-16-18-20-22-24-26-28-30-35-40-45-50-64(69)82-61(55-76-63(68)49-44-39-34-29-27-25-23-21-19-17-14-11-7-2)57-80-84(73,74)78-53-59(66)52-77-83(71,72)79-56-60(54-75-62(67)48-43-37-15-12-8-3)81-65(70)51-46-41-36-32-31-33-38-42-47-58(5)9-4/h58-61,66H,6-57H2,1-5H3,(H,71,72)(H,73,74)/t58?,59-,60+,61+/m0/s1. The fraction of sp³-hybridized carbons (Fsp3) is 0.938. The minimum absolute atomic E-state index is 0.104. The van der Waals surface area contributed by atoms with Crippen molar-refractivity contribution in [2.24, 2.45) is 5.92 Å². The Balaban J connectivity index is 5.18. The molecule has 3 N–H and O–H groups in total. The van der Waals surface area contributed by atoms with E-state index in [0.717, 1.165) is 102 Å². The first kappa shape index (κ1) is 82.1. The molecule has 3 unspecified atom stereocenters. The van der Waals surface area contributed by atoms with Crippen molar-refractivity contribution in [2.75, 3.05) is 39.6 Å². The molecule has 0 rings (SSSR count). The van der Waals surface area contributed by atoms with Gasteiger partial charge in [0.05, 0.1) is 26.4 Å². The molecule has 0 radical (unpaired) electrons. The Morgan fingerprint density at radius 1 is 0.333 bits per heavy atom. The molecule has 6 atom stereocenters. The van der Waals surface area contributed by atoms with Crippen molar-refractivity contribution in [1.82, 2.24) is 0 Å². The first-order valence-electron chi connectivity index (χ1n) is 34.2. The summed E-state index contributed by atoms with van der Waals surface area (Å²) in [6, 6.07) is 0. The van der Waals surface area contributed by atoms with E-state index in [0.29, 0.717) is 25.7 Å². The van der Waals surface area contributed by atoms with Gasteiger partial charge in [-0.25, -0.2) is 9.13 Å². The van der Waals surface area contributed by atoms with Crippen LogP contribution >= 0.6 is 15.6 Å². The molecule has 19 heteroatoms. The van der Waals surface area contributed by atoms with Gasteiger partial charge < -0.3 is 33.8 Å². The molecule has 0 amide bonds. The average Bonchev–Trinajstić information content (AvgIpc) is 3.58. The fourth-order valence-electron chi connectivity index (χ4n) is 9.73. The predicted molar refractivity (Wildman–Crippen MR) is 335 cm³/mol. The number of ether oxygens (including phenoxy) is 4. The van der Waals surface area contributed by atoms with Gasteiger partial charge >= 0.3 is 39.5 Å². The number of carbonyl (C=O) groups excluding carboxylic acids is 4. The van der Waals surface area contributed by atoms with Gasteiger partial charge in [0.15, 0.2) is 12.2 Å². The molecule has 0 aromatic heterocycles. The number of esters is 4. The summed E-state index contributed by atoms with van der Waals surface area (Å²) in [4.78, 5) is 72.1. The Kier molecular flexibility index (Phi) is 57.4. The van der Waals surface area contributed by atoms with Crippen LogP contribution in [-0.2, 0) is 65.4 Å². The van der Waals surface area contributed by atoms with Crippen molar-refractivity contribution >= 4 is 39.5 Å². The Morgan fingerprint density at radius 2 is 0.571 bits per heavy atom. The molecule has 0 bridgehead atoms. The zero-order chi connectivity index (χ0) is 62.0. The van der Waals surface area contributed by atoms with Crippen molar-refractivity contribution in [3.63, 3.8) is 0 Å². The number of hydrogen-bond donors (Lipinski definition) is 3. The first-order chi connectivity index (χ1) is 40.6. The largest absolute Gasteiger partial charge is 0.472 e. The molecule has 498 valence electrons. The molecule has 0 aromatic carbocycles. The minimum atomic E-state index is -4.94. The highest BCUT2D eigenvalue weighted by molar-refractivity contribution is 7.47. The van der Waals surface area contributed by atoms with Crippen LogP contribution in [0, 0.1) is 5.92 Å². The van der Waals surface area contributed by atoms with Gasteiger partial charge in [-0.05, 0) is 31.6 Å². The maximum Gasteiger partial charge on any atom is 0.472 e. The summed E-state index contributed by atoms with van der Waals surface area (Å²) in [5.41, 5.74) is 0. The van der Waals surface area contributed by atoms with Crippen LogP contribution in [0.1, 0.15) is 330 Å². The maximum absolute atomic E-state index is 13.0. The highest BCUT2D eigenvalue weighted by Crippen LogP contribution is 2.45. The minimum Gasteiger partial charge on any atom is -0.462 e. The second-order valence-corrected chi connectivity index (χ2v) is 26.7. The lowest BCUT2D eigenvalue weighted by molar-refractivity contribution is -0.161. The molecular weight excluding hydrogens is 1110 g/mol. The molecule has 84 heavy (non-hydrogen) atoms. The number of phosphoric acid groups is 2. The van der Waals surface area contributed by atoms with E-state index in [-0.39, 0.29) is 25.7 Å². The Hall–Kier alpha value is -1.94. The van der Waals surface area contributed by atoms with Crippen LogP contribution in [-0.4, -0.2) is 96.7 Å². The molecular formula is C65H126O17P2. The van der Waals surface area contributed by atoms with E-state index < -0.39 is 97.5 Å². The van der Waals surface area contributed by atoms with Gasteiger partial charge in [0, 0.05) is 25.7 Å². The third-order valence-electron chi connectivity index (χ3n) is 15.4. The number of carbonyl (C=O) groups is 4. The van der Waals surface area contributed by atoms with E-state index in [2.05, 4.69) is 34.6 Å². The van der Waals surface area contributed by atoms with E-state index in [1.807, 2.05) is 0 Å². The Bertz CT molecular complexity index is 1640. The van der Waals surface area contributed by atoms with Crippen LogP contribution in [0.15, 0.2) is 0 Å². The lowest BCUT2D eigenvalue weighted by Gasteiger charge is -2.21. The van der Waals surface area contributed by atoms with E-state index in [1.54, 1.807) is 0 Å². The van der Waals surface area contributed by atoms with E-state index in [9.17, 15) is 43.2 Å². The van der Waals surface area contributed by atoms with Crippen LogP contribution in [0.4, 0.5) is 0 Å². The number of aliphatic hydroxyl groups is 1. The van der Waals surface area contributed by atoms with Crippen LogP contribution in [0.5, 0.6) is 0 Å². The number of unbranched alkanes of at least 4 members (excludes halogenated alkanes) is 36. The molecule has 17 nitrogen and oxygen atoms in total. The molecule has 0 spiro atoms. The summed E-state index contributed by atoms with van der Waals surface area (Å²) in [5, 5.41) is 10.5. The number of aliphatic hydroxyl groups excluding tert-OH is 1. The SMILES string of the molecule is CCCCCCCCCCCCCCCCC(=O)O[C@H](COC(=O)CCCCCCCCCCCCCCC)COP(=O)(O)OC[C@@H](O)COP(=O)(O)OC[C@@H](COC(=O)CCCCCCC)OC(=O)CCCCCCCCCCC(C)CC. The summed E-state index contributed by atoms with van der Waals surface area (Å²) in [6.07, 6.45) is 43.3. The van der Waals surface area contributed by atoms with E-state index in [1.165, 1.54) is 148 Å². The summed E-state index contributed by atoms with van der Waals surface area (Å²) >= 11 is 0. The summed E-state index contributed by atoms with van der Waals surface area (Å²) in [5.74, 6) is -1.37. The van der Waals surface area contributed by atoms with Crippen molar-refractivity contribution in [3.8, 4) is 0 Å². The van der Waals surface area contributed by atoms with Gasteiger partial charge in [-0.1, -0.05) is 279 Å².